The van der Waals surface area contributed by atoms with E-state index in [1.54, 1.807) is 55.6 Å². The zero-order chi connectivity index (χ0) is 20.3. The highest BCUT2D eigenvalue weighted by Gasteiger charge is 2.14. The van der Waals surface area contributed by atoms with E-state index in [2.05, 4.69) is 26.9 Å². The first-order valence-electron chi connectivity index (χ1n) is 8.50. The van der Waals surface area contributed by atoms with Gasteiger partial charge in [0.25, 0.3) is 5.91 Å². The number of imidazole rings is 1. The molecule has 0 fully saturated rings. The minimum absolute atomic E-state index is 0.285. The van der Waals surface area contributed by atoms with Crippen LogP contribution in [0.1, 0.15) is 24.2 Å². The zero-order valence-corrected chi connectivity index (χ0v) is 16.9. The molecule has 2 N–H and O–H groups in total. The van der Waals surface area contributed by atoms with Crippen LogP contribution in [0.5, 0.6) is 0 Å². The van der Waals surface area contributed by atoms with Gasteiger partial charge in [0.15, 0.2) is 0 Å². The lowest BCUT2D eigenvalue weighted by Gasteiger charge is -2.06. The van der Waals surface area contributed by atoms with Gasteiger partial charge >= 0.3 is 0 Å². The molecule has 142 valence electrons. The number of aromatic nitrogens is 2. The molecule has 0 atom stereocenters. The number of allylic oxidation sites excluding steroid dienone is 2. The van der Waals surface area contributed by atoms with Crippen molar-refractivity contribution in [2.75, 3.05) is 0 Å². The fraction of sp³-hybridized carbons (Fsp3) is 0.0952. The highest BCUT2D eigenvalue weighted by atomic mass is 35.5. The lowest BCUT2D eigenvalue weighted by atomic mass is 10.2. The van der Waals surface area contributed by atoms with Crippen molar-refractivity contribution < 1.29 is 4.79 Å². The highest BCUT2D eigenvalue weighted by molar-refractivity contribution is 6.39. The maximum Gasteiger partial charge on any atom is 0.256 e. The second kappa shape index (κ2) is 8.42. The maximum absolute atomic E-state index is 12.6. The Hall–Kier alpha value is -2.89. The van der Waals surface area contributed by atoms with E-state index in [1.807, 2.05) is 6.92 Å². The van der Waals surface area contributed by atoms with Crippen LogP contribution in [0.2, 0.25) is 10.0 Å². The number of carbonyl (C=O) groups excluding carboxylic acids is 1. The van der Waals surface area contributed by atoms with Crippen molar-refractivity contribution in [1.29, 1.82) is 0 Å². The fourth-order valence-corrected chi connectivity index (χ4v) is 3.24. The quantitative estimate of drug-likeness (QED) is 0.412. The number of hydrogen-bond acceptors (Lipinski definition) is 3. The summed E-state index contributed by atoms with van der Waals surface area (Å²) in [6.45, 7) is 7.41. The van der Waals surface area contributed by atoms with Crippen LogP contribution in [0.4, 0.5) is 0 Å². The molecule has 0 unspecified atom stereocenters. The number of halogens is 2. The van der Waals surface area contributed by atoms with Crippen molar-refractivity contribution in [1.82, 2.24) is 15.3 Å². The summed E-state index contributed by atoms with van der Waals surface area (Å²) in [6, 6.07) is 10.5. The smallest absolute Gasteiger partial charge is 0.256 e. The molecule has 0 radical (unpaired) electrons. The molecule has 2 aromatic carbocycles. The third-order valence-corrected chi connectivity index (χ3v) is 4.47. The Kier molecular flexibility index (Phi) is 5.97. The molecule has 0 bridgehead atoms. The molecule has 0 aliphatic rings. The normalized spacial score (nSPS) is 11.9. The van der Waals surface area contributed by atoms with Gasteiger partial charge in [0.05, 0.1) is 26.6 Å². The van der Waals surface area contributed by atoms with Gasteiger partial charge in [-0.05, 0) is 50.3 Å². The monoisotopic (exact) mass is 412 g/mol. The number of nitrogens with one attached hydrogen (secondary N) is 2. The molecular weight excluding hydrogens is 395 g/mol. The van der Waals surface area contributed by atoms with Crippen LogP contribution in [-0.4, -0.2) is 22.1 Å². The summed E-state index contributed by atoms with van der Waals surface area (Å²) in [5, 5.41) is 3.77. The second-order valence-electron chi connectivity index (χ2n) is 6.13. The Morgan fingerprint density at radius 1 is 1.25 bits per heavy atom. The summed E-state index contributed by atoms with van der Waals surface area (Å²) >= 11 is 12.5. The number of carbonyl (C=O) groups is 1. The standard InChI is InChI=1S/C21H18Cl2N4O/c1-4-24-18(10-12(2)3)27-21(28)13-8-9-16-17(11-13)26-20(25-16)19-14(22)6-5-7-15(19)23/h4-11H,2H2,1,3H3,(H,25,26)(H,27,28)/b18-10+,24-4-. The van der Waals surface area contributed by atoms with Gasteiger partial charge in [0.1, 0.15) is 11.6 Å². The molecular formula is C21H18Cl2N4O. The van der Waals surface area contributed by atoms with Crippen LogP contribution >= 0.6 is 23.2 Å². The van der Waals surface area contributed by atoms with Crippen molar-refractivity contribution in [3.8, 4) is 11.4 Å². The number of fused-ring (bicyclic) bond motifs is 1. The van der Waals surface area contributed by atoms with Gasteiger partial charge in [0, 0.05) is 11.8 Å². The molecule has 5 nitrogen and oxygen atoms in total. The Morgan fingerprint density at radius 2 is 1.96 bits per heavy atom. The summed E-state index contributed by atoms with van der Waals surface area (Å²) < 4.78 is 0. The van der Waals surface area contributed by atoms with Crippen LogP contribution in [0.25, 0.3) is 22.4 Å². The minimum Gasteiger partial charge on any atom is -0.338 e. The maximum atomic E-state index is 12.6. The van der Waals surface area contributed by atoms with Crippen molar-refractivity contribution >= 4 is 46.4 Å². The van der Waals surface area contributed by atoms with Gasteiger partial charge in [-0.1, -0.05) is 41.4 Å². The summed E-state index contributed by atoms with van der Waals surface area (Å²) in [5.74, 6) is 0.682. The molecule has 0 aliphatic carbocycles. The molecule has 0 spiro atoms. The predicted molar refractivity (Wildman–Crippen MR) is 116 cm³/mol. The van der Waals surface area contributed by atoms with E-state index in [1.165, 1.54) is 0 Å². The number of benzene rings is 2. The zero-order valence-electron chi connectivity index (χ0n) is 15.4. The van der Waals surface area contributed by atoms with Gasteiger partial charge < -0.3 is 10.3 Å². The fourth-order valence-electron chi connectivity index (χ4n) is 2.66. The molecule has 1 aromatic heterocycles. The average Bonchev–Trinajstić information content (AvgIpc) is 3.03. The van der Waals surface area contributed by atoms with Gasteiger partial charge in [-0.3, -0.25) is 4.79 Å². The molecule has 0 saturated carbocycles. The van der Waals surface area contributed by atoms with E-state index in [0.29, 0.717) is 43.9 Å². The first-order chi connectivity index (χ1) is 13.4. The molecule has 3 aromatic rings. The number of amides is 1. The summed E-state index contributed by atoms with van der Waals surface area (Å²) in [6.07, 6.45) is 3.30. The van der Waals surface area contributed by atoms with Gasteiger partial charge in [-0.25, -0.2) is 9.98 Å². The second-order valence-corrected chi connectivity index (χ2v) is 6.95. The van der Waals surface area contributed by atoms with Crippen molar-refractivity contribution in [3.05, 3.63) is 76.1 Å². The lowest BCUT2D eigenvalue weighted by Crippen LogP contribution is -2.22. The topological polar surface area (TPSA) is 70.1 Å². The van der Waals surface area contributed by atoms with Gasteiger partial charge in [-0.15, -0.1) is 0 Å². The Morgan fingerprint density at radius 3 is 2.61 bits per heavy atom. The van der Waals surface area contributed by atoms with Crippen LogP contribution in [0.15, 0.2) is 65.4 Å². The first-order valence-corrected chi connectivity index (χ1v) is 9.26. The third kappa shape index (κ3) is 4.32. The first kappa shape index (κ1) is 19.9. The van der Waals surface area contributed by atoms with Crippen molar-refractivity contribution in [2.24, 2.45) is 4.99 Å². The lowest BCUT2D eigenvalue weighted by molar-refractivity contribution is 0.0965. The summed E-state index contributed by atoms with van der Waals surface area (Å²) in [4.78, 5) is 24.5. The molecule has 28 heavy (non-hydrogen) atoms. The molecule has 0 aliphatic heterocycles. The van der Waals surface area contributed by atoms with Crippen LogP contribution in [-0.2, 0) is 0 Å². The van der Waals surface area contributed by atoms with Crippen LogP contribution in [0, 0.1) is 0 Å². The summed E-state index contributed by atoms with van der Waals surface area (Å²) in [7, 11) is 0. The van der Waals surface area contributed by atoms with E-state index in [0.717, 1.165) is 5.57 Å². The number of hydrogen-bond donors (Lipinski definition) is 2. The van der Waals surface area contributed by atoms with E-state index >= 15 is 0 Å². The average molecular weight is 413 g/mol. The van der Waals surface area contributed by atoms with Crippen molar-refractivity contribution in [3.63, 3.8) is 0 Å². The molecule has 0 saturated heterocycles. The highest BCUT2D eigenvalue weighted by Crippen LogP contribution is 2.33. The molecule has 7 heteroatoms. The SMILES string of the molecule is C=C(C)/C=C(\N=C/C)NC(=O)c1ccc2nc(-c3c(Cl)cccc3Cl)[nH]c2c1. The molecule has 3 rings (SSSR count). The number of H-pyrrole nitrogens is 1. The number of rotatable bonds is 5. The summed E-state index contributed by atoms with van der Waals surface area (Å²) in [5.41, 5.74) is 3.27. The van der Waals surface area contributed by atoms with E-state index < -0.39 is 0 Å². The van der Waals surface area contributed by atoms with Crippen molar-refractivity contribution in [2.45, 2.75) is 13.8 Å². The van der Waals surface area contributed by atoms with Gasteiger partial charge in [0.2, 0.25) is 0 Å². The Labute approximate surface area is 172 Å². The number of aliphatic imine (C=N–C) groups is 1. The number of nitrogens with zero attached hydrogens (tertiary/aromatic N) is 2. The third-order valence-electron chi connectivity index (χ3n) is 3.84. The van der Waals surface area contributed by atoms with E-state index in [4.69, 9.17) is 23.2 Å². The van der Waals surface area contributed by atoms with Crippen LogP contribution < -0.4 is 5.32 Å². The predicted octanol–water partition coefficient (Wildman–Crippen LogP) is 5.77. The largest absolute Gasteiger partial charge is 0.338 e. The number of aromatic amines is 1. The Bertz CT molecular complexity index is 1110. The molecule has 1 amide bonds. The van der Waals surface area contributed by atoms with E-state index in [-0.39, 0.29) is 5.91 Å². The van der Waals surface area contributed by atoms with E-state index in [9.17, 15) is 4.79 Å². The van der Waals surface area contributed by atoms with Crippen LogP contribution in [0.3, 0.4) is 0 Å². The Balaban J connectivity index is 1.95. The molecule has 1 heterocycles. The minimum atomic E-state index is -0.285. The van der Waals surface area contributed by atoms with Gasteiger partial charge in [-0.2, -0.15) is 0 Å².